The van der Waals surface area contributed by atoms with Gasteiger partial charge in [-0.3, -0.25) is 9.36 Å². The number of ether oxygens (including phenoxy) is 1. The van der Waals surface area contributed by atoms with Crippen LogP contribution in [0.15, 0.2) is 78.0 Å². The second-order valence-corrected chi connectivity index (χ2v) is 10.4. The van der Waals surface area contributed by atoms with Crippen molar-refractivity contribution in [2.45, 2.75) is 44.1 Å². The molecule has 1 heterocycles. The number of thioether (sulfide) groups is 1. The Labute approximate surface area is 233 Å². The summed E-state index contributed by atoms with van der Waals surface area (Å²) < 4.78 is 47.2. The van der Waals surface area contributed by atoms with E-state index in [0.29, 0.717) is 22.6 Å². The first kappa shape index (κ1) is 28.5. The van der Waals surface area contributed by atoms with Gasteiger partial charge in [0.25, 0.3) is 0 Å². The van der Waals surface area contributed by atoms with Gasteiger partial charge in [-0.1, -0.05) is 67.5 Å². The van der Waals surface area contributed by atoms with Gasteiger partial charge in [-0.05, 0) is 60.9 Å². The molecule has 0 aliphatic rings. The largest absolute Gasteiger partial charge is 0.483 e. The minimum absolute atomic E-state index is 0.00323. The van der Waals surface area contributed by atoms with E-state index in [9.17, 15) is 18.0 Å². The minimum Gasteiger partial charge on any atom is -0.483 e. The number of carbonyl (C=O) groups is 1. The van der Waals surface area contributed by atoms with Gasteiger partial charge in [-0.2, -0.15) is 13.2 Å². The van der Waals surface area contributed by atoms with Crippen LogP contribution in [-0.2, 0) is 11.0 Å². The Morgan fingerprint density at radius 1 is 1.03 bits per heavy atom. The molecule has 0 fully saturated rings. The number of benzene rings is 3. The lowest BCUT2D eigenvalue weighted by Gasteiger charge is -2.17. The van der Waals surface area contributed by atoms with Crippen LogP contribution < -0.4 is 10.1 Å². The van der Waals surface area contributed by atoms with Crippen molar-refractivity contribution in [3.8, 4) is 11.4 Å². The number of nitrogens with zero attached hydrogens (tertiary/aromatic N) is 3. The molecule has 4 aromatic rings. The summed E-state index contributed by atoms with van der Waals surface area (Å²) in [4.78, 5) is 12.7. The molecule has 1 aromatic heterocycles. The van der Waals surface area contributed by atoms with Gasteiger partial charge in [0, 0.05) is 5.69 Å². The maximum Gasteiger partial charge on any atom is 0.416 e. The van der Waals surface area contributed by atoms with Gasteiger partial charge in [-0.25, -0.2) is 0 Å². The summed E-state index contributed by atoms with van der Waals surface area (Å²) >= 11 is 7.10. The van der Waals surface area contributed by atoms with E-state index in [-0.39, 0.29) is 16.5 Å². The number of hydrogen-bond acceptors (Lipinski definition) is 5. The highest BCUT2D eigenvalue weighted by atomic mass is 35.5. The van der Waals surface area contributed by atoms with Crippen LogP contribution in [0.25, 0.3) is 5.69 Å². The summed E-state index contributed by atoms with van der Waals surface area (Å²) in [6.45, 7) is 6.10. The van der Waals surface area contributed by atoms with E-state index in [1.165, 1.54) is 5.56 Å². The third kappa shape index (κ3) is 7.13. The molecule has 4 rings (SSSR count). The van der Waals surface area contributed by atoms with E-state index in [2.05, 4.69) is 29.4 Å². The number of aromatic nitrogens is 3. The lowest BCUT2D eigenvalue weighted by atomic mass is 10.0. The third-order valence-corrected chi connectivity index (χ3v) is 7.05. The van der Waals surface area contributed by atoms with Crippen molar-refractivity contribution in [1.29, 1.82) is 0 Å². The molecule has 0 bridgehead atoms. The summed E-state index contributed by atoms with van der Waals surface area (Å²) in [6.07, 6.45) is -5.04. The zero-order valence-corrected chi connectivity index (χ0v) is 22.9. The van der Waals surface area contributed by atoms with Crippen LogP contribution in [0, 0.1) is 0 Å². The van der Waals surface area contributed by atoms with Crippen LogP contribution in [0.4, 0.5) is 18.9 Å². The molecular weight excluding hydrogens is 549 g/mol. The fraction of sp³-hybridized carbons (Fsp3) is 0.250. The van der Waals surface area contributed by atoms with Gasteiger partial charge in [0.1, 0.15) is 5.75 Å². The Bertz CT molecular complexity index is 1430. The predicted molar refractivity (Wildman–Crippen MR) is 147 cm³/mol. The molecule has 1 atom stereocenters. The van der Waals surface area contributed by atoms with Crippen molar-refractivity contribution in [2.24, 2.45) is 0 Å². The van der Waals surface area contributed by atoms with Crippen LogP contribution in [0.5, 0.6) is 5.75 Å². The van der Waals surface area contributed by atoms with Crippen molar-refractivity contribution < 1.29 is 22.7 Å². The molecule has 6 nitrogen and oxygen atoms in total. The SMILES string of the molecule is CC(C)c1ccc(OC(C)c2nnc(SCC(=O)Nc3cc(C(F)(F)F)ccc3Cl)n2-c2ccccc2)cc1. The Morgan fingerprint density at radius 3 is 2.36 bits per heavy atom. The summed E-state index contributed by atoms with van der Waals surface area (Å²) in [7, 11) is 0. The Hall–Kier alpha value is -3.50. The Balaban J connectivity index is 1.52. The van der Waals surface area contributed by atoms with Gasteiger partial charge >= 0.3 is 6.18 Å². The number of halogens is 4. The lowest BCUT2D eigenvalue weighted by Crippen LogP contribution is -2.16. The Kier molecular flexibility index (Phi) is 8.87. The van der Waals surface area contributed by atoms with Gasteiger partial charge < -0.3 is 10.1 Å². The molecule has 1 amide bonds. The fourth-order valence-electron chi connectivity index (χ4n) is 3.76. The molecule has 0 saturated carbocycles. The number of hydrogen-bond donors (Lipinski definition) is 1. The van der Waals surface area contributed by atoms with Crippen molar-refractivity contribution in [3.05, 3.63) is 94.8 Å². The van der Waals surface area contributed by atoms with E-state index in [4.69, 9.17) is 16.3 Å². The second kappa shape index (κ2) is 12.1. The molecule has 39 heavy (non-hydrogen) atoms. The van der Waals surface area contributed by atoms with Gasteiger partial charge in [0.2, 0.25) is 5.91 Å². The average molecular weight is 575 g/mol. The molecule has 0 aliphatic carbocycles. The van der Waals surface area contributed by atoms with Crippen molar-refractivity contribution in [2.75, 3.05) is 11.1 Å². The van der Waals surface area contributed by atoms with E-state index in [1.807, 2.05) is 61.5 Å². The zero-order valence-electron chi connectivity index (χ0n) is 21.4. The highest BCUT2D eigenvalue weighted by Gasteiger charge is 2.31. The van der Waals surface area contributed by atoms with Gasteiger partial charge in [-0.15, -0.1) is 10.2 Å². The quantitative estimate of drug-likeness (QED) is 0.206. The first-order valence-electron chi connectivity index (χ1n) is 12.1. The standard InChI is InChI=1S/C28H26ClF3N4O2S/c1-17(2)19-9-12-22(13-10-19)38-18(3)26-34-35-27(36(26)21-7-5-4-6-8-21)39-16-25(37)33-24-15-20(28(30,31)32)11-14-23(24)29/h4-15,17-18H,16H2,1-3H3,(H,33,37). The number of amides is 1. The highest BCUT2D eigenvalue weighted by molar-refractivity contribution is 7.99. The molecule has 0 spiro atoms. The monoisotopic (exact) mass is 574 g/mol. The first-order chi connectivity index (χ1) is 18.5. The number of carbonyl (C=O) groups excluding carboxylic acids is 1. The molecule has 1 unspecified atom stereocenters. The topological polar surface area (TPSA) is 69.0 Å². The smallest absolute Gasteiger partial charge is 0.416 e. The van der Waals surface area contributed by atoms with E-state index in [0.717, 1.165) is 35.6 Å². The lowest BCUT2D eigenvalue weighted by molar-refractivity contribution is -0.137. The fourth-order valence-corrected chi connectivity index (χ4v) is 4.68. The Morgan fingerprint density at radius 2 is 1.72 bits per heavy atom. The van der Waals surface area contributed by atoms with E-state index >= 15 is 0 Å². The second-order valence-electron chi connectivity index (χ2n) is 9.02. The maximum atomic E-state index is 13.1. The first-order valence-corrected chi connectivity index (χ1v) is 13.5. The number of alkyl halides is 3. The number of anilines is 1. The molecular formula is C28H26ClF3N4O2S. The van der Waals surface area contributed by atoms with Gasteiger partial charge in [0.05, 0.1) is 22.0 Å². The third-order valence-electron chi connectivity index (χ3n) is 5.80. The van der Waals surface area contributed by atoms with E-state index < -0.39 is 23.8 Å². The maximum absolute atomic E-state index is 13.1. The van der Waals surface area contributed by atoms with Crippen LogP contribution in [0.2, 0.25) is 5.02 Å². The molecule has 204 valence electrons. The zero-order chi connectivity index (χ0) is 28.2. The summed E-state index contributed by atoms with van der Waals surface area (Å²) in [5.41, 5.74) is 0.946. The van der Waals surface area contributed by atoms with Gasteiger partial charge in [0.15, 0.2) is 17.1 Å². The summed E-state index contributed by atoms with van der Waals surface area (Å²) in [5.74, 6) is 0.932. The normalized spacial score (nSPS) is 12.4. The minimum atomic E-state index is -4.56. The van der Waals surface area contributed by atoms with Crippen molar-refractivity contribution in [3.63, 3.8) is 0 Å². The van der Waals surface area contributed by atoms with Crippen LogP contribution in [0.3, 0.4) is 0 Å². The van der Waals surface area contributed by atoms with Crippen molar-refractivity contribution in [1.82, 2.24) is 14.8 Å². The van der Waals surface area contributed by atoms with Crippen LogP contribution in [-0.4, -0.2) is 26.4 Å². The highest BCUT2D eigenvalue weighted by Crippen LogP contribution is 2.34. The summed E-state index contributed by atoms with van der Waals surface area (Å²) in [5, 5.41) is 11.5. The molecule has 1 N–H and O–H groups in total. The molecule has 11 heteroatoms. The summed E-state index contributed by atoms with van der Waals surface area (Å²) in [6, 6.07) is 20.0. The van der Waals surface area contributed by atoms with Crippen LogP contribution >= 0.6 is 23.4 Å². The van der Waals surface area contributed by atoms with Crippen LogP contribution in [0.1, 0.15) is 49.7 Å². The van der Waals surface area contributed by atoms with Crippen molar-refractivity contribution >= 4 is 35.0 Å². The predicted octanol–water partition coefficient (Wildman–Crippen LogP) is 7.93. The molecule has 0 aliphatic heterocycles. The molecule has 3 aromatic carbocycles. The number of para-hydroxylation sites is 1. The molecule has 0 saturated heterocycles. The van der Waals surface area contributed by atoms with E-state index in [1.54, 1.807) is 4.57 Å². The average Bonchev–Trinajstić information content (AvgIpc) is 3.33. The molecule has 0 radical (unpaired) electrons. The number of nitrogens with one attached hydrogen (secondary N) is 1. The number of rotatable bonds is 9.